The van der Waals surface area contributed by atoms with E-state index in [0.29, 0.717) is 12.0 Å². The molecule has 62 heavy (non-hydrogen) atoms. The number of allylic oxidation sites excluding steroid dienone is 17. The fraction of sp³-hybridized carbons (Fsp3) is 0.263. The monoisotopic (exact) mass is 809 g/mol. The van der Waals surface area contributed by atoms with E-state index < -0.39 is 0 Å². The third-order valence-corrected chi connectivity index (χ3v) is 13.8. The molecule has 2 aliphatic heterocycles. The van der Waals surface area contributed by atoms with Crippen LogP contribution in [-0.4, -0.2) is 23.9 Å². The summed E-state index contributed by atoms with van der Waals surface area (Å²) in [4.78, 5) is 12.8. The number of fused-ring (bicyclic) bond motifs is 3. The van der Waals surface area contributed by atoms with Gasteiger partial charge < -0.3 is 15.5 Å². The average Bonchev–Trinajstić information content (AvgIpc) is 3.70. The van der Waals surface area contributed by atoms with Crippen molar-refractivity contribution >= 4 is 23.0 Å². The van der Waals surface area contributed by atoms with Gasteiger partial charge in [0.15, 0.2) is 5.84 Å². The third-order valence-electron chi connectivity index (χ3n) is 13.8. The van der Waals surface area contributed by atoms with Crippen LogP contribution < -0.4 is 15.5 Å². The lowest BCUT2D eigenvalue weighted by Crippen LogP contribution is -2.40. The highest BCUT2D eigenvalue weighted by atomic mass is 15.2. The van der Waals surface area contributed by atoms with Gasteiger partial charge in [-0.15, -0.1) is 0 Å². The largest absolute Gasteiger partial charge is 0.355 e. The maximum Gasteiger partial charge on any atom is 0.159 e. The van der Waals surface area contributed by atoms with Gasteiger partial charge in [-0.05, 0) is 152 Å². The Bertz CT molecular complexity index is 2700. The number of nitrogens with one attached hydrogen (secondary N) is 2. The molecule has 5 nitrogen and oxygen atoms in total. The molecule has 6 aliphatic carbocycles. The van der Waals surface area contributed by atoms with Crippen molar-refractivity contribution in [2.75, 3.05) is 10.2 Å². The zero-order valence-corrected chi connectivity index (χ0v) is 35.6. The van der Waals surface area contributed by atoms with Crippen molar-refractivity contribution in [1.29, 1.82) is 0 Å². The zero-order chi connectivity index (χ0) is 41.2. The predicted molar refractivity (Wildman–Crippen MR) is 259 cm³/mol. The molecule has 3 atom stereocenters. The van der Waals surface area contributed by atoms with Crippen molar-refractivity contribution in [3.05, 3.63) is 214 Å². The van der Waals surface area contributed by atoms with Gasteiger partial charge in [0.2, 0.25) is 0 Å². The smallest absolute Gasteiger partial charge is 0.159 e. The molecule has 0 saturated carbocycles. The molecule has 2 heterocycles. The summed E-state index contributed by atoms with van der Waals surface area (Å²) in [6.07, 6.45) is 45.5. The van der Waals surface area contributed by atoms with Crippen LogP contribution in [-0.2, 0) is 0 Å². The average molecular weight is 810 g/mol. The van der Waals surface area contributed by atoms with Gasteiger partial charge in [0, 0.05) is 39.8 Å². The SMILES string of the molecule is C1=CCCC(N2c3cccc(-c4cccc(NC5=C(C6=CC(C7=CC=C(C8N=C(c9ccccc9)N=C(C9=CCCC=C9)N8)CC7)=CCC6)CCC=C5)c4)c3C3CCC=CC32)=C1. The highest BCUT2D eigenvalue weighted by Gasteiger charge is 2.41. The summed E-state index contributed by atoms with van der Waals surface area (Å²) in [5, 5.41) is 7.64. The van der Waals surface area contributed by atoms with Crippen LogP contribution in [0, 0.1) is 0 Å². The minimum atomic E-state index is -0.139. The van der Waals surface area contributed by atoms with E-state index >= 15 is 0 Å². The van der Waals surface area contributed by atoms with Crippen LogP contribution in [0.1, 0.15) is 94.1 Å². The topological polar surface area (TPSA) is 52.0 Å². The molecule has 0 fully saturated rings. The second-order valence-electron chi connectivity index (χ2n) is 17.6. The Morgan fingerprint density at radius 2 is 1.56 bits per heavy atom. The van der Waals surface area contributed by atoms with Gasteiger partial charge in [0.1, 0.15) is 12.0 Å². The van der Waals surface area contributed by atoms with Gasteiger partial charge in [-0.25, -0.2) is 9.98 Å². The van der Waals surface area contributed by atoms with Crippen LogP contribution in [0.25, 0.3) is 11.1 Å². The van der Waals surface area contributed by atoms with E-state index in [1.54, 1.807) is 0 Å². The molecule has 308 valence electrons. The van der Waals surface area contributed by atoms with Gasteiger partial charge in [-0.2, -0.15) is 0 Å². The number of amidine groups is 2. The predicted octanol–water partition coefficient (Wildman–Crippen LogP) is 13.6. The van der Waals surface area contributed by atoms with Crippen molar-refractivity contribution in [2.24, 2.45) is 9.98 Å². The van der Waals surface area contributed by atoms with E-state index in [4.69, 9.17) is 9.98 Å². The normalized spacial score (nSPS) is 24.1. The van der Waals surface area contributed by atoms with Gasteiger partial charge in [0.25, 0.3) is 0 Å². The third kappa shape index (κ3) is 7.59. The van der Waals surface area contributed by atoms with Crippen LogP contribution >= 0.6 is 0 Å². The van der Waals surface area contributed by atoms with Crippen molar-refractivity contribution in [3.8, 4) is 11.1 Å². The number of rotatable bonds is 9. The Labute approximate surface area is 367 Å². The molecule has 3 unspecified atom stereocenters. The maximum atomic E-state index is 5.16. The molecule has 0 bridgehead atoms. The summed E-state index contributed by atoms with van der Waals surface area (Å²) >= 11 is 0. The molecule has 0 amide bonds. The Balaban J connectivity index is 0.849. The van der Waals surface area contributed by atoms with Crippen LogP contribution in [0.5, 0.6) is 0 Å². The van der Waals surface area contributed by atoms with E-state index in [1.807, 2.05) is 6.07 Å². The summed E-state index contributed by atoms with van der Waals surface area (Å²) in [5.41, 5.74) is 18.6. The van der Waals surface area contributed by atoms with E-state index in [2.05, 4.69) is 167 Å². The zero-order valence-electron chi connectivity index (χ0n) is 35.6. The van der Waals surface area contributed by atoms with E-state index in [0.717, 1.165) is 99.1 Å². The molecule has 0 saturated heterocycles. The second-order valence-corrected chi connectivity index (χ2v) is 17.6. The van der Waals surface area contributed by atoms with Crippen molar-refractivity contribution in [2.45, 2.75) is 95.2 Å². The molecule has 3 aromatic carbocycles. The van der Waals surface area contributed by atoms with E-state index in [1.165, 1.54) is 68.1 Å². The molecule has 0 spiro atoms. The first-order valence-electron chi connectivity index (χ1n) is 23.1. The molecule has 2 N–H and O–H groups in total. The Morgan fingerprint density at radius 3 is 2.44 bits per heavy atom. The summed E-state index contributed by atoms with van der Waals surface area (Å²) in [6, 6.07) is 26.9. The van der Waals surface area contributed by atoms with E-state index in [9.17, 15) is 0 Å². The Hall–Kier alpha value is -6.46. The lowest BCUT2D eigenvalue weighted by atomic mass is 9.82. The number of aliphatic imine (C=N–C) groups is 2. The molecule has 0 radical (unpaired) electrons. The standard InChI is InChI=1S/C57H55N5/c1-4-17-40(18-5-1)55-59-56(41-19-6-2-7-20-41)61-57(60-55)42-35-33-39(34-36-42)43-21-14-22-44(37-43)48-27-10-12-30-51(48)58-46-24-15-23-45(38-46)49-29-16-32-53-54(49)50-28-11-13-31-52(50)62(53)47-25-8-3-9-26-47/h1,3-6,8,12-13,15-21,23-25,29-33,35,37-38,50,52,57-58H,2,7,9-11,14,22,26-28,34,36H2,(H,59,60,61). The highest BCUT2D eigenvalue weighted by molar-refractivity contribution is 6.14. The fourth-order valence-electron chi connectivity index (χ4n) is 10.7. The first-order chi connectivity index (χ1) is 30.7. The van der Waals surface area contributed by atoms with Gasteiger partial charge in [-0.3, -0.25) is 0 Å². The number of anilines is 2. The van der Waals surface area contributed by atoms with Gasteiger partial charge >= 0.3 is 0 Å². The molecule has 8 aliphatic rings. The van der Waals surface area contributed by atoms with Crippen molar-refractivity contribution < 1.29 is 0 Å². The Morgan fingerprint density at radius 1 is 0.677 bits per heavy atom. The number of nitrogens with zero attached hydrogens (tertiary/aromatic N) is 3. The number of benzene rings is 3. The molecule has 5 heteroatoms. The summed E-state index contributed by atoms with van der Waals surface area (Å²) < 4.78 is 0. The first-order valence-corrected chi connectivity index (χ1v) is 23.1. The minimum Gasteiger partial charge on any atom is -0.355 e. The minimum absolute atomic E-state index is 0.139. The molecule has 0 aromatic heterocycles. The number of hydrogen-bond donors (Lipinski definition) is 2. The first kappa shape index (κ1) is 38.5. The summed E-state index contributed by atoms with van der Waals surface area (Å²) in [7, 11) is 0. The summed E-state index contributed by atoms with van der Waals surface area (Å²) in [5.74, 6) is 2.21. The van der Waals surface area contributed by atoms with Crippen LogP contribution in [0.3, 0.4) is 0 Å². The number of hydrogen-bond acceptors (Lipinski definition) is 5. The van der Waals surface area contributed by atoms with Gasteiger partial charge in [-0.1, -0.05) is 128 Å². The van der Waals surface area contributed by atoms with Crippen LogP contribution in [0.4, 0.5) is 11.4 Å². The lowest BCUT2D eigenvalue weighted by molar-refractivity contribution is 0.560. The van der Waals surface area contributed by atoms with Crippen molar-refractivity contribution in [3.63, 3.8) is 0 Å². The lowest BCUT2D eigenvalue weighted by Gasteiger charge is -2.32. The van der Waals surface area contributed by atoms with Crippen molar-refractivity contribution in [1.82, 2.24) is 5.32 Å². The molecular weight excluding hydrogens is 755 g/mol. The van der Waals surface area contributed by atoms with Crippen LogP contribution in [0.15, 0.2) is 213 Å². The van der Waals surface area contributed by atoms with Crippen LogP contribution in [0.2, 0.25) is 0 Å². The van der Waals surface area contributed by atoms with E-state index in [-0.39, 0.29) is 6.17 Å². The van der Waals surface area contributed by atoms with Gasteiger partial charge in [0.05, 0.1) is 6.04 Å². The Kier molecular flexibility index (Phi) is 10.6. The quantitative estimate of drug-likeness (QED) is 0.212. The molecular formula is C57H55N5. The highest BCUT2D eigenvalue weighted by Crippen LogP contribution is 2.52. The fourth-order valence-corrected chi connectivity index (χ4v) is 10.7. The second kappa shape index (κ2) is 17.1. The molecule has 3 aromatic rings. The molecule has 11 rings (SSSR count). The summed E-state index contributed by atoms with van der Waals surface area (Å²) in [6.45, 7) is 0. The maximum absolute atomic E-state index is 5.16.